The molecule has 0 radical (unpaired) electrons. The minimum atomic E-state index is -1.08. The first-order valence-corrected chi connectivity index (χ1v) is 12.2. The number of rotatable bonds is 6. The van der Waals surface area contributed by atoms with Crippen molar-refractivity contribution in [3.8, 4) is 17.0 Å². The van der Waals surface area contributed by atoms with Gasteiger partial charge in [0.05, 0.1) is 29.8 Å². The van der Waals surface area contributed by atoms with Gasteiger partial charge in [0.15, 0.2) is 28.8 Å². The second kappa shape index (κ2) is 8.89. The second-order valence-electron chi connectivity index (χ2n) is 9.42. The Balaban J connectivity index is 1.51. The zero-order valence-electron chi connectivity index (χ0n) is 20.6. The number of nitrogens with zero attached hydrogens (tertiary/aromatic N) is 5. The molecule has 1 amide bonds. The normalized spacial score (nSPS) is 17.9. The van der Waals surface area contributed by atoms with Crippen LogP contribution in [0.5, 0.6) is 5.75 Å². The van der Waals surface area contributed by atoms with E-state index in [1.807, 2.05) is 6.92 Å². The Bertz CT molecular complexity index is 1590. The van der Waals surface area contributed by atoms with Crippen LogP contribution in [0.25, 0.3) is 22.3 Å². The molecule has 2 aromatic carbocycles. The van der Waals surface area contributed by atoms with E-state index in [9.17, 15) is 18.0 Å². The van der Waals surface area contributed by atoms with Crippen LogP contribution in [-0.2, 0) is 0 Å². The van der Waals surface area contributed by atoms with Crippen molar-refractivity contribution in [2.24, 2.45) is 0 Å². The van der Waals surface area contributed by atoms with E-state index in [-0.39, 0.29) is 34.8 Å². The summed E-state index contributed by atoms with van der Waals surface area (Å²) in [5, 5.41) is 8.49. The highest BCUT2D eigenvalue weighted by Crippen LogP contribution is 2.41. The molecule has 1 aliphatic heterocycles. The van der Waals surface area contributed by atoms with Crippen molar-refractivity contribution in [2.45, 2.75) is 44.4 Å². The summed E-state index contributed by atoms with van der Waals surface area (Å²) in [5.74, 6) is -2.84. The quantitative estimate of drug-likeness (QED) is 0.383. The first-order valence-electron chi connectivity index (χ1n) is 12.2. The summed E-state index contributed by atoms with van der Waals surface area (Å²) < 4.78 is 49.5. The molecular weight excluding hydrogens is 499 g/mol. The first-order chi connectivity index (χ1) is 18.3. The molecule has 0 saturated heterocycles. The van der Waals surface area contributed by atoms with Crippen LogP contribution in [0.1, 0.15) is 42.6 Å². The number of methoxy groups -OCH3 is 1. The van der Waals surface area contributed by atoms with E-state index in [1.165, 1.54) is 25.6 Å². The molecular formula is C26H24F3N7O2. The predicted molar refractivity (Wildman–Crippen MR) is 134 cm³/mol. The van der Waals surface area contributed by atoms with Crippen LogP contribution in [0.3, 0.4) is 0 Å². The SMILES string of the molecule is CCC(C1Nc2cc(F)c(F)cc2C(=O)N1C1CC1)n1nc(-c2ccc(OC)c(F)c2)c2c(N)ncnc21. The highest BCUT2D eigenvalue weighted by atomic mass is 19.2. The molecule has 0 bridgehead atoms. The zero-order chi connectivity index (χ0) is 26.7. The number of fused-ring (bicyclic) bond motifs is 2. The zero-order valence-corrected chi connectivity index (χ0v) is 20.6. The molecule has 196 valence electrons. The molecule has 38 heavy (non-hydrogen) atoms. The van der Waals surface area contributed by atoms with Crippen LogP contribution in [0.4, 0.5) is 24.7 Å². The van der Waals surface area contributed by atoms with Gasteiger partial charge in [-0.05, 0) is 43.5 Å². The van der Waals surface area contributed by atoms with E-state index in [4.69, 9.17) is 15.6 Å². The number of nitrogens with one attached hydrogen (secondary N) is 1. The molecule has 1 saturated carbocycles. The lowest BCUT2D eigenvalue weighted by molar-refractivity contribution is 0.0598. The number of anilines is 2. The number of carbonyl (C=O) groups is 1. The van der Waals surface area contributed by atoms with Gasteiger partial charge < -0.3 is 20.7 Å². The van der Waals surface area contributed by atoms with E-state index in [2.05, 4.69) is 15.3 Å². The Kier molecular flexibility index (Phi) is 5.62. The van der Waals surface area contributed by atoms with Crippen LogP contribution in [-0.4, -0.2) is 49.9 Å². The molecule has 2 aliphatic rings. The topological polar surface area (TPSA) is 111 Å². The Labute approximate surface area is 215 Å². The number of aromatic nitrogens is 4. The van der Waals surface area contributed by atoms with Gasteiger partial charge in [0.2, 0.25) is 0 Å². The fourth-order valence-electron chi connectivity index (χ4n) is 5.14. The minimum absolute atomic E-state index is 0.0491. The van der Waals surface area contributed by atoms with Gasteiger partial charge in [-0.1, -0.05) is 6.92 Å². The molecule has 1 fully saturated rings. The van der Waals surface area contributed by atoms with E-state index in [0.29, 0.717) is 28.7 Å². The third kappa shape index (κ3) is 3.70. The van der Waals surface area contributed by atoms with Crippen molar-refractivity contribution in [1.82, 2.24) is 24.6 Å². The van der Waals surface area contributed by atoms with Gasteiger partial charge in [0.25, 0.3) is 5.91 Å². The van der Waals surface area contributed by atoms with E-state index >= 15 is 0 Å². The molecule has 2 atom stereocenters. The predicted octanol–water partition coefficient (Wildman–Crippen LogP) is 4.51. The van der Waals surface area contributed by atoms with Gasteiger partial charge >= 0.3 is 0 Å². The highest BCUT2D eigenvalue weighted by Gasteiger charge is 2.45. The lowest BCUT2D eigenvalue weighted by atomic mass is 10.0. The number of hydrogen-bond donors (Lipinski definition) is 2. The molecule has 1 aliphatic carbocycles. The van der Waals surface area contributed by atoms with E-state index in [1.54, 1.807) is 15.6 Å². The van der Waals surface area contributed by atoms with Crippen molar-refractivity contribution >= 4 is 28.4 Å². The number of benzene rings is 2. The number of nitrogens with two attached hydrogens (primary N) is 1. The maximum atomic E-state index is 14.6. The first kappa shape index (κ1) is 24.0. The molecule has 4 aromatic rings. The molecule has 9 nitrogen and oxygen atoms in total. The average Bonchev–Trinajstić information content (AvgIpc) is 3.66. The van der Waals surface area contributed by atoms with Gasteiger partial charge in [0.1, 0.15) is 24.0 Å². The van der Waals surface area contributed by atoms with Crippen molar-refractivity contribution in [2.75, 3.05) is 18.2 Å². The highest BCUT2D eigenvalue weighted by molar-refractivity contribution is 6.02. The maximum Gasteiger partial charge on any atom is 0.258 e. The molecule has 12 heteroatoms. The summed E-state index contributed by atoms with van der Waals surface area (Å²) in [6, 6.07) is 5.84. The summed E-state index contributed by atoms with van der Waals surface area (Å²) in [6.45, 7) is 1.92. The smallest absolute Gasteiger partial charge is 0.258 e. The summed E-state index contributed by atoms with van der Waals surface area (Å²) in [4.78, 5) is 23.8. The number of amides is 1. The van der Waals surface area contributed by atoms with Crippen LogP contribution in [0.2, 0.25) is 0 Å². The van der Waals surface area contributed by atoms with Crippen molar-refractivity contribution in [3.63, 3.8) is 0 Å². The lowest BCUT2D eigenvalue weighted by Gasteiger charge is -2.42. The van der Waals surface area contributed by atoms with Crippen LogP contribution < -0.4 is 15.8 Å². The fourth-order valence-corrected chi connectivity index (χ4v) is 5.14. The second-order valence-corrected chi connectivity index (χ2v) is 9.42. The summed E-state index contributed by atoms with van der Waals surface area (Å²) in [6.07, 6.45) is 2.75. The van der Waals surface area contributed by atoms with E-state index in [0.717, 1.165) is 25.0 Å². The number of ether oxygens (including phenoxy) is 1. The number of hydrogen-bond acceptors (Lipinski definition) is 7. The molecule has 6 rings (SSSR count). The van der Waals surface area contributed by atoms with Crippen molar-refractivity contribution < 1.29 is 22.7 Å². The Hall–Kier alpha value is -4.35. The standard InChI is InChI=1S/C26H24F3N7O2/c1-3-19(24-33-18-10-16(28)15(27)9-14(18)26(37)35(24)13-5-6-13)36-25-21(23(30)31-11-32-25)22(34-36)12-4-7-20(38-2)17(29)8-12/h4,7-11,13,19,24,33H,3,5-6H2,1-2H3,(H2,30,31,32). The van der Waals surface area contributed by atoms with Crippen molar-refractivity contribution in [3.05, 3.63) is 59.7 Å². The van der Waals surface area contributed by atoms with Gasteiger partial charge in [-0.2, -0.15) is 5.10 Å². The number of carbonyl (C=O) groups excluding carboxylic acids is 1. The molecule has 3 heterocycles. The van der Waals surface area contributed by atoms with Crippen LogP contribution >= 0.6 is 0 Å². The van der Waals surface area contributed by atoms with Gasteiger partial charge in [-0.25, -0.2) is 27.8 Å². The largest absolute Gasteiger partial charge is 0.494 e. The Morgan fingerprint density at radius 3 is 2.58 bits per heavy atom. The minimum Gasteiger partial charge on any atom is -0.494 e. The fraction of sp³-hybridized carbons (Fsp3) is 0.308. The van der Waals surface area contributed by atoms with Crippen LogP contribution in [0.15, 0.2) is 36.7 Å². The van der Waals surface area contributed by atoms with Gasteiger partial charge in [0, 0.05) is 17.7 Å². The average molecular weight is 524 g/mol. The lowest BCUT2D eigenvalue weighted by Crippen LogP contribution is -2.54. The maximum absolute atomic E-state index is 14.6. The molecule has 0 spiro atoms. The Morgan fingerprint density at radius 1 is 1.13 bits per heavy atom. The summed E-state index contributed by atoms with van der Waals surface area (Å²) in [7, 11) is 1.38. The summed E-state index contributed by atoms with van der Waals surface area (Å²) >= 11 is 0. The number of halogens is 3. The Morgan fingerprint density at radius 2 is 1.89 bits per heavy atom. The monoisotopic (exact) mass is 523 g/mol. The van der Waals surface area contributed by atoms with Crippen molar-refractivity contribution in [1.29, 1.82) is 0 Å². The third-order valence-corrected chi connectivity index (χ3v) is 7.11. The van der Waals surface area contributed by atoms with Gasteiger partial charge in [-0.15, -0.1) is 0 Å². The van der Waals surface area contributed by atoms with E-state index < -0.39 is 29.7 Å². The molecule has 2 unspecified atom stereocenters. The summed E-state index contributed by atoms with van der Waals surface area (Å²) in [5.41, 5.74) is 7.74. The van der Waals surface area contributed by atoms with Gasteiger partial charge in [-0.3, -0.25) is 4.79 Å². The number of nitrogen functional groups attached to an aromatic ring is 1. The molecule has 2 aromatic heterocycles. The van der Waals surface area contributed by atoms with Crippen LogP contribution in [0, 0.1) is 17.5 Å². The molecule has 3 N–H and O–H groups in total. The third-order valence-electron chi connectivity index (χ3n) is 7.11.